The summed E-state index contributed by atoms with van der Waals surface area (Å²) in [5.41, 5.74) is 3.90. The third kappa shape index (κ3) is 2.97. The molecule has 0 bridgehead atoms. The van der Waals surface area contributed by atoms with Gasteiger partial charge in [-0.05, 0) is 23.1 Å². The fourth-order valence-electron chi connectivity index (χ4n) is 1.95. The highest BCUT2D eigenvalue weighted by Gasteiger charge is 2.10. The van der Waals surface area contributed by atoms with Crippen LogP contribution in [0, 0.1) is 0 Å². The highest BCUT2D eigenvalue weighted by atomic mass is 16.2. The van der Waals surface area contributed by atoms with Gasteiger partial charge in [-0.1, -0.05) is 55.5 Å². The van der Waals surface area contributed by atoms with E-state index in [2.05, 4.69) is 31.2 Å². The molecule has 2 aromatic rings. The molecule has 0 unspecified atom stereocenters. The van der Waals surface area contributed by atoms with Gasteiger partial charge in [-0.2, -0.15) is 0 Å². The molecule has 19 heavy (non-hydrogen) atoms. The Morgan fingerprint density at radius 1 is 0.842 bits per heavy atom. The van der Waals surface area contributed by atoms with E-state index >= 15 is 0 Å². The Morgan fingerprint density at radius 3 is 1.74 bits per heavy atom. The molecule has 0 aromatic heterocycles. The molecule has 0 radical (unpaired) electrons. The van der Waals surface area contributed by atoms with Crippen molar-refractivity contribution in [2.75, 3.05) is 0 Å². The highest BCUT2D eigenvalue weighted by Crippen LogP contribution is 2.20. The first-order valence-corrected chi connectivity index (χ1v) is 6.36. The minimum absolute atomic E-state index is 0.431. The molecule has 0 atom stereocenters. The maximum Gasteiger partial charge on any atom is 0.228 e. The van der Waals surface area contributed by atoms with Gasteiger partial charge in [0.05, 0.1) is 0 Å². The summed E-state index contributed by atoms with van der Waals surface area (Å²) < 4.78 is 0. The zero-order chi connectivity index (χ0) is 13.8. The van der Waals surface area contributed by atoms with E-state index in [-0.39, 0.29) is 0 Å². The van der Waals surface area contributed by atoms with E-state index in [9.17, 15) is 9.59 Å². The molecule has 0 N–H and O–H groups in total. The van der Waals surface area contributed by atoms with Crippen molar-refractivity contribution in [2.24, 2.45) is 0 Å². The smallest absolute Gasteiger partial charge is 0.228 e. The standard InChI is InChI=1S/C17H16O2/c1-3-13-4-6-14(7-5-13)15-8-10-16(11-9-15)17(19)12(2)18/h4-11H,3H2,1-2H3. The summed E-state index contributed by atoms with van der Waals surface area (Å²) in [5, 5.41) is 0. The van der Waals surface area contributed by atoms with Crippen LogP contribution in [0.15, 0.2) is 48.5 Å². The molecule has 0 aliphatic rings. The van der Waals surface area contributed by atoms with Gasteiger partial charge in [0.25, 0.3) is 0 Å². The molecular formula is C17H16O2. The second kappa shape index (κ2) is 5.61. The monoisotopic (exact) mass is 252 g/mol. The van der Waals surface area contributed by atoms with Gasteiger partial charge in [0.15, 0.2) is 5.78 Å². The van der Waals surface area contributed by atoms with Crippen LogP contribution in [0.3, 0.4) is 0 Å². The van der Waals surface area contributed by atoms with Gasteiger partial charge < -0.3 is 0 Å². The highest BCUT2D eigenvalue weighted by molar-refractivity contribution is 6.42. The Morgan fingerprint density at radius 2 is 1.32 bits per heavy atom. The summed E-state index contributed by atoms with van der Waals surface area (Å²) in [7, 11) is 0. The van der Waals surface area contributed by atoms with Gasteiger partial charge in [-0.25, -0.2) is 0 Å². The molecule has 0 aliphatic heterocycles. The quantitative estimate of drug-likeness (QED) is 0.614. The summed E-state index contributed by atoms with van der Waals surface area (Å²) in [6.07, 6.45) is 1.02. The number of carbonyl (C=O) groups is 2. The number of carbonyl (C=O) groups excluding carboxylic acids is 2. The minimum Gasteiger partial charge on any atom is -0.291 e. The number of hydrogen-bond acceptors (Lipinski definition) is 2. The fraction of sp³-hybridized carbons (Fsp3) is 0.176. The molecule has 0 aliphatic carbocycles. The number of hydrogen-bond donors (Lipinski definition) is 0. The molecule has 2 nitrogen and oxygen atoms in total. The van der Waals surface area contributed by atoms with Gasteiger partial charge >= 0.3 is 0 Å². The Balaban J connectivity index is 2.26. The lowest BCUT2D eigenvalue weighted by molar-refractivity contribution is -0.113. The van der Waals surface area contributed by atoms with E-state index in [1.165, 1.54) is 12.5 Å². The molecular weight excluding hydrogens is 236 g/mol. The molecule has 0 fully saturated rings. The first-order valence-electron chi connectivity index (χ1n) is 6.36. The fourth-order valence-corrected chi connectivity index (χ4v) is 1.95. The van der Waals surface area contributed by atoms with Crippen LogP contribution in [-0.2, 0) is 11.2 Å². The third-order valence-electron chi connectivity index (χ3n) is 3.16. The lowest BCUT2D eigenvalue weighted by atomic mass is 10.00. The second-order valence-corrected chi connectivity index (χ2v) is 4.51. The van der Waals surface area contributed by atoms with Crippen molar-refractivity contribution >= 4 is 11.6 Å². The van der Waals surface area contributed by atoms with Crippen LogP contribution in [0.2, 0.25) is 0 Å². The summed E-state index contributed by atoms with van der Waals surface area (Å²) in [5.74, 6) is -0.868. The largest absolute Gasteiger partial charge is 0.291 e. The summed E-state index contributed by atoms with van der Waals surface area (Å²) in [6.45, 7) is 3.41. The normalized spacial score (nSPS) is 10.2. The van der Waals surface area contributed by atoms with Crippen LogP contribution >= 0.6 is 0 Å². The van der Waals surface area contributed by atoms with Gasteiger partial charge in [-0.3, -0.25) is 9.59 Å². The van der Waals surface area contributed by atoms with Gasteiger partial charge in [-0.15, -0.1) is 0 Å². The van der Waals surface area contributed by atoms with Crippen LogP contribution in [0.4, 0.5) is 0 Å². The van der Waals surface area contributed by atoms with E-state index in [0.717, 1.165) is 17.5 Å². The zero-order valence-electron chi connectivity index (χ0n) is 11.1. The molecule has 2 heteroatoms. The van der Waals surface area contributed by atoms with Crippen molar-refractivity contribution in [3.63, 3.8) is 0 Å². The van der Waals surface area contributed by atoms with Crippen LogP contribution in [0.5, 0.6) is 0 Å². The average Bonchev–Trinajstić information content (AvgIpc) is 2.46. The number of Topliss-reactive ketones (excluding diaryl/α,β-unsaturated/α-hetero) is 2. The van der Waals surface area contributed by atoms with E-state index in [0.29, 0.717) is 5.56 Å². The zero-order valence-corrected chi connectivity index (χ0v) is 11.1. The van der Waals surface area contributed by atoms with Crippen LogP contribution in [0.25, 0.3) is 11.1 Å². The SMILES string of the molecule is CCc1ccc(-c2ccc(C(=O)C(C)=O)cc2)cc1. The summed E-state index contributed by atoms with van der Waals surface area (Å²) in [6, 6.07) is 15.5. The predicted molar refractivity (Wildman–Crippen MR) is 76.3 cm³/mol. The Hall–Kier alpha value is -2.22. The molecule has 96 valence electrons. The van der Waals surface area contributed by atoms with Crippen LogP contribution in [-0.4, -0.2) is 11.6 Å². The Kier molecular flexibility index (Phi) is 3.91. The first kappa shape index (κ1) is 13.2. The number of benzene rings is 2. The van der Waals surface area contributed by atoms with Gasteiger partial charge in [0, 0.05) is 12.5 Å². The molecule has 0 amide bonds. The van der Waals surface area contributed by atoms with Crippen molar-refractivity contribution in [2.45, 2.75) is 20.3 Å². The lowest BCUT2D eigenvalue weighted by Gasteiger charge is -2.04. The lowest BCUT2D eigenvalue weighted by Crippen LogP contribution is -2.09. The molecule has 0 saturated heterocycles. The summed E-state index contributed by atoms with van der Waals surface area (Å²) >= 11 is 0. The average molecular weight is 252 g/mol. The first-order chi connectivity index (χ1) is 9.11. The van der Waals surface area contributed by atoms with Crippen molar-refractivity contribution in [1.82, 2.24) is 0 Å². The minimum atomic E-state index is -0.437. The number of rotatable bonds is 4. The van der Waals surface area contributed by atoms with E-state index in [4.69, 9.17) is 0 Å². The topological polar surface area (TPSA) is 34.1 Å². The van der Waals surface area contributed by atoms with Gasteiger partial charge in [0.1, 0.15) is 0 Å². The Labute approximate surface area is 113 Å². The third-order valence-corrected chi connectivity index (χ3v) is 3.16. The predicted octanol–water partition coefficient (Wildman–Crippen LogP) is 3.69. The molecule has 2 aromatic carbocycles. The van der Waals surface area contributed by atoms with E-state index < -0.39 is 11.6 Å². The van der Waals surface area contributed by atoms with Crippen molar-refractivity contribution in [1.29, 1.82) is 0 Å². The van der Waals surface area contributed by atoms with Crippen LogP contribution < -0.4 is 0 Å². The van der Waals surface area contributed by atoms with Crippen molar-refractivity contribution in [3.05, 3.63) is 59.7 Å². The Bertz CT molecular complexity index is 592. The number of aryl methyl sites for hydroxylation is 1. The molecule has 0 spiro atoms. The summed E-state index contributed by atoms with van der Waals surface area (Å²) in [4.78, 5) is 22.5. The number of ketones is 2. The maximum absolute atomic E-state index is 11.5. The van der Waals surface area contributed by atoms with Crippen LogP contribution in [0.1, 0.15) is 29.8 Å². The molecule has 2 rings (SSSR count). The second-order valence-electron chi connectivity index (χ2n) is 4.51. The maximum atomic E-state index is 11.5. The van der Waals surface area contributed by atoms with E-state index in [1.54, 1.807) is 12.1 Å². The van der Waals surface area contributed by atoms with Gasteiger partial charge in [0.2, 0.25) is 5.78 Å². The molecule has 0 saturated carbocycles. The van der Waals surface area contributed by atoms with Crippen molar-refractivity contribution in [3.8, 4) is 11.1 Å². The van der Waals surface area contributed by atoms with Crippen molar-refractivity contribution < 1.29 is 9.59 Å². The van der Waals surface area contributed by atoms with E-state index in [1.807, 2.05) is 12.1 Å². The molecule has 0 heterocycles.